The maximum atomic E-state index is 14.0. The van der Waals surface area contributed by atoms with E-state index in [0.29, 0.717) is 16.9 Å². The predicted molar refractivity (Wildman–Crippen MR) is 93.4 cm³/mol. The third-order valence-corrected chi connectivity index (χ3v) is 3.60. The van der Waals surface area contributed by atoms with Crippen molar-refractivity contribution in [2.45, 2.75) is 0 Å². The molecule has 0 atom stereocenters. The Balaban J connectivity index is 1.84. The van der Waals surface area contributed by atoms with Crippen molar-refractivity contribution in [1.29, 1.82) is 5.26 Å². The third kappa shape index (κ3) is 3.79. The standard InChI is InChI=1S/C18H13FN6O/c1-25(16-9-21-11-22-10-16)15-5-13(4-14(19)6-15)18(26)24-17-3-2-12(7-20)8-23-17/h2-6,8-11H,1H3,(H,23,24,26). The molecule has 2 aromatic heterocycles. The van der Waals surface area contributed by atoms with Gasteiger partial charge in [-0.3, -0.25) is 4.79 Å². The summed E-state index contributed by atoms with van der Waals surface area (Å²) in [4.78, 5) is 25.9. The van der Waals surface area contributed by atoms with E-state index < -0.39 is 11.7 Å². The van der Waals surface area contributed by atoms with Gasteiger partial charge < -0.3 is 10.2 Å². The van der Waals surface area contributed by atoms with E-state index in [4.69, 9.17) is 5.26 Å². The number of hydrogen-bond donors (Lipinski definition) is 1. The van der Waals surface area contributed by atoms with Crippen LogP contribution in [-0.2, 0) is 0 Å². The highest BCUT2D eigenvalue weighted by molar-refractivity contribution is 6.04. The van der Waals surface area contributed by atoms with Gasteiger partial charge in [-0.25, -0.2) is 19.3 Å². The highest BCUT2D eigenvalue weighted by atomic mass is 19.1. The maximum Gasteiger partial charge on any atom is 0.256 e. The average molecular weight is 348 g/mol. The number of carbonyl (C=O) groups excluding carboxylic acids is 1. The van der Waals surface area contributed by atoms with E-state index in [1.54, 1.807) is 30.4 Å². The van der Waals surface area contributed by atoms with Gasteiger partial charge in [0, 0.05) is 24.5 Å². The predicted octanol–water partition coefficient (Wildman–Crippen LogP) is 2.90. The summed E-state index contributed by atoms with van der Waals surface area (Å²) in [6.45, 7) is 0. The highest BCUT2D eigenvalue weighted by Gasteiger charge is 2.13. The van der Waals surface area contributed by atoms with Crippen molar-refractivity contribution < 1.29 is 9.18 Å². The molecule has 2 heterocycles. The van der Waals surface area contributed by atoms with Gasteiger partial charge in [-0.15, -0.1) is 0 Å². The summed E-state index contributed by atoms with van der Waals surface area (Å²) >= 11 is 0. The second kappa shape index (κ2) is 7.36. The van der Waals surface area contributed by atoms with Gasteiger partial charge in [-0.1, -0.05) is 0 Å². The minimum atomic E-state index is -0.552. The van der Waals surface area contributed by atoms with E-state index in [-0.39, 0.29) is 11.4 Å². The van der Waals surface area contributed by atoms with E-state index in [2.05, 4.69) is 20.3 Å². The molecule has 0 radical (unpaired) electrons. The molecule has 0 spiro atoms. The van der Waals surface area contributed by atoms with Gasteiger partial charge in [0.15, 0.2) is 0 Å². The molecule has 128 valence electrons. The summed E-state index contributed by atoms with van der Waals surface area (Å²) in [5.41, 5.74) is 1.63. The van der Waals surface area contributed by atoms with Crippen LogP contribution in [0.15, 0.2) is 55.2 Å². The van der Waals surface area contributed by atoms with E-state index in [1.165, 1.54) is 30.7 Å². The molecule has 0 aliphatic carbocycles. The van der Waals surface area contributed by atoms with E-state index in [0.717, 1.165) is 6.07 Å². The largest absolute Gasteiger partial charge is 0.342 e. The average Bonchev–Trinajstić information content (AvgIpc) is 2.68. The van der Waals surface area contributed by atoms with E-state index >= 15 is 0 Å². The van der Waals surface area contributed by atoms with E-state index in [9.17, 15) is 9.18 Å². The quantitative estimate of drug-likeness (QED) is 0.779. The molecule has 0 saturated carbocycles. The zero-order valence-corrected chi connectivity index (χ0v) is 13.7. The number of anilines is 3. The van der Waals surface area contributed by atoms with Crippen LogP contribution in [-0.4, -0.2) is 27.9 Å². The fourth-order valence-electron chi connectivity index (χ4n) is 2.23. The monoisotopic (exact) mass is 348 g/mol. The van der Waals surface area contributed by atoms with Gasteiger partial charge >= 0.3 is 0 Å². The molecule has 0 aliphatic rings. The zero-order chi connectivity index (χ0) is 18.5. The number of hydrogen-bond acceptors (Lipinski definition) is 6. The Hall–Kier alpha value is -3.86. The summed E-state index contributed by atoms with van der Waals surface area (Å²) in [6, 6.07) is 8.97. The van der Waals surface area contributed by atoms with Crippen molar-refractivity contribution >= 4 is 23.1 Å². The summed E-state index contributed by atoms with van der Waals surface area (Å²) < 4.78 is 14.0. The molecule has 0 fully saturated rings. The zero-order valence-electron chi connectivity index (χ0n) is 13.7. The molecule has 3 rings (SSSR count). The second-order valence-corrected chi connectivity index (χ2v) is 5.35. The van der Waals surface area contributed by atoms with Gasteiger partial charge in [0.25, 0.3) is 5.91 Å². The van der Waals surface area contributed by atoms with Crippen molar-refractivity contribution in [1.82, 2.24) is 15.0 Å². The van der Waals surface area contributed by atoms with Crippen LogP contribution in [0, 0.1) is 17.1 Å². The Bertz CT molecular complexity index is 969. The summed E-state index contributed by atoms with van der Waals surface area (Å²) in [7, 11) is 1.72. The fraction of sp³-hybridized carbons (Fsp3) is 0.0556. The molecule has 3 aromatic rings. The van der Waals surface area contributed by atoms with Crippen molar-refractivity contribution in [3.05, 3.63) is 72.2 Å². The molecule has 0 unspecified atom stereocenters. The summed E-state index contributed by atoms with van der Waals surface area (Å²) in [5.74, 6) is -0.797. The minimum Gasteiger partial charge on any atom is -0.342 e. The lowest BCUT2D eigenvalue weighted by molar-refractivity contribution is 0.102. The summed E-state index contributed by atoms with van der Waals surface area (Å²) in [6.07, 6.45) is 5.90. The van der Waals surface area contributed by atoms with Gasteiger partial charge in [0.1, 0.15) is 24.0 Å². The Morgan fingerprint density at radius 2 is 1.92 bits per heavy atom. The topological polar surface area (TPSA) is 94.8 Å². The Kier molecular flexibility index (Phi) is 4.80. The number of rotatable bonds is 4. The number of carbonyl (C=O) groups is 1. The molecule has 1 aromatic carbocycles. The van der Waals surface area contributed by atoms with Gasteiger partial charge in [0.2, 0.25) is 0 Å². The molecule has 0 saturated heterocycles. The lowest BCUT2D eigenvalue weighted by atomic mass is 10.1. The fourth-order valence-corrected chi connectivity index (χ4v) is 2.23. The molecule has 8 heteroatoms. The molecule has 0 bridgehead atoms. The minimum absolute atomic E-state index is 0.134. The van der Waals surface area contributed by atoms with Crippen LogP contribution in [0.25, 0.3) is 0 Å². The van der Waals surface area contributed by atoms with Crippen LogP contribution in [0.4, 0.5) is 21.6 Å². The molecule has 1 amide bonds. The van der Waals surface area contributed by atoms with Crippen LogP contribution in [0.5, 0.6) is 0 Å². The molecule has 7 nitrogen and oxygen atoms in total. The molecule has 0 aliphatic heterocycles. The normalized spacial score (nSPS) is 10.0. The number of nitrogens with one attached hydrogen (secondary N) is 1. The van der Waals surface area contributed by atoms with Crippen molar-refractivity contribution in [3.63, 3.8) is 0 Å². The van der Waals surface area contributed by atoms with Gasteiger partial charge in [-0.2, -0.15) is 5.26 Å². The number of halogens is 1. The third-order valence-electron chi connectivity index (χ3n) is 3.60. The number of nitriles is 1. The lowest BCUT2D eigenvalue weighted by Crippen LogP contribution is -2.15. The first-order valence-corrected chi connectivity index (χ1v) is 7.53. The molecular formula is C18H13FN6O. The number of aromatic nitrogens is 3. The van der Waals surface area contributed by atoms with Crippen LogP contribution in [0.3, 0.4) is 0 Å². The van der Waals surface area contributed by atoms with Crippen molar-refractivity contribution in [3.8, 4) is 6.07 Å². The van der Waals surface area contributed by atoms with Crippen LogP contribution in [0.1, 0.15) is 15.9 Å². The van der Waals surface area contributed by atoms with Crippen LogP contribution < -0.4 is 10.2 Å². The maximum absolute atomic E-state index is 14.0. The first-order valence-electron chi connectivity index (χ1n) is 7.53. The number of amides is 1. The number of benzene rings is 1. The van der Waals surface area contributed by atoms with E-state index in [1.807, 2.05) is 6.07 Å². The smallest absolute Gasteiger partial charge is 0.256 e. The molecular weight excluding hydrogens is 335 g/mol. The molecule has 1 N–H and O–H groups in total. The van der Waals surface area contributed by atoms with Crippen LogP contribution >= 0.6 is 0 Å². The summed E-state index contributed by atoms with van der Waals surface area (Å²) in [5, 5.41) is 11.3. The lowest BCUT2D eigenvalue weighted by Gasteiger charge is -2.19. The Morgan fingerprint density at radius 1 is 1.15 bits per heavy atom. The Labute approximate surface area is 148 Å². The molecule has 26 heavy (non-hydrogen) atoms. The first kappa shape index (κ1) is 17.0. The van der Waals surface area contributed by atoms with Crippen molar-refractivity contribution in [2.24, 2.45) is 0 Å². The highest BCUT2D eigenvalue weighted by Crippen LogP contribution is 2.24. The van der Waals surface area contributed by atoms with Gasteiger partial charge in [0.05, 0.1) is 23.6 Å². The SMILES string of the molecule is CN(c1cncnc1)c1cc(F)cc(C(=O)Nc2ccc(C#N)cn2)c1. The van der Waals surface area contributed by atoms with Gasteiger partial charge in [-0.05, 0) is 30.3 Å². The first-order chi connectivity index (χ1) is 12.6. The second-order valence-electron chi connectivity index (χ2n) is 5.35. The van der Waals surface area contributed by atoms with Crippen molar-refractivity contribution in [2.75, 3.05) is 17.3 Å². The number of pyridine rings is 1. The Morgan fingerprint density at radius 3 is 2.58 bits per heavy atom. The van der Waals surface area contributed by atoms with Crippen LogP contribution in [0.2, 0.25) is 0 Å². The number of nitrogens with zero attached hydrogens (tertiary/aromatic N) is 5.